The molecule has 1 fully saturated rings. The first-order valence-electron chi connectivity index (χ1n) is 4.86. The van der Waals surface area contributed by atoms with Crippen molar-refractivity contribution in [3.05, 3.63) is 16.9 Å². The SMILES string of the molecule is Cl.N[C@H]1CCN(C(=O)Cn2cc(Br)cn2)C1. The predicted molar refractivity (Wildman–Crippen MR) is 66.3 cm³/mol. The summed E-state index contributed by atoms with van der Waals surface area (Å²) in [5.74, 6) is 0.0820. The molecule has 16 heavy (non-hydrogen) atoms. The van der Waals surface area contributed by atoms with Crippen LogP contribution in [0.15, 0.2) is 16.9 Å². The van der Waals surface area contributed by atoms with Crippen LogP contribution >= 0.6 is 28.3 Å². The Morgan fingerprint density at radius 3 is 2.94 bits per heavy atom. The van der Waals surface area contributed by atoms with E-state index in [2.05, 4.69) is 21.0 Å². The molecule has 90 valence electrons. The predicted octanol–water partition coefficient (Wildman–Crippen LogP) is 0.627. The fourth-order valence-corrected chi connectivity index (χ4v) is 2.01. The maximum Gasteiger partial charge on any atom is 0.244 e. The zero-order chi connectivity index (χ0) is 10.8. The van der Waals surface area contributed by atoms with Gasteiger partial charge in [0, 0.05) is 25.3 Å². The van der Waals surface area contributed by atoms with E-state index in [4.69, 9.17) is 5.73 Å². The van der Waals surface area contributed by atoms with Gasteiger partial charge in [-0.3, -0.25) is 9.48 Å². The molecule has 0 bridgehead atoms. The second-order valence-corrected chi connectivity index (χ2v) is 4.66. The highest BCUT2D eigenvalue weighted by atomic mass is 79.9. The minimum Gasteiger partial charge on any atom is -0.339 e. The number of hydrogen-bond donors (Lipinski definition) is 1. The van der Waals surface area contributed by atoms with Crippen LogP contribution in [0.1, 0.15) is 6.42 Å². The van der Waals surface area contributed by atoms with E-state index >= 15 is 0 Å². The summed E-state index contributed by atoms with van der Waals surface area (Å²) in [5.41, 5.74) is 5.74. The quantitative estimate of drug-likeness (QED) is 0.871. The van der Waals surface area contributed by atoms with Crippen LogP contribution in [-0.4, -0.2) is 39.7 Å². The lowest BCUT2D eigenvalue weighted by molar-refractivity contribution is -0.131. The zero-order valence-electron chi connectivity index (χ0n) is 8.67. The van der Waals surface area contributed by atoms with Gasteiger partial charge in [-0.2, -0.15) is 5.10 Å². The molecule has 1 aliphatic rings. The number of rotatable bonds is 2. The van der Waals surface area contributed by atoms with Crippen molar-refractivity contribution in [2.45, 2.75) is 19.0 Å². The number of amides is 1. The maximum atomic E-state index is 11.8. The van der Waals surface area contributed by atoms with Gasteiger partial charge < -0.3 is 10.6 Å². The van der Waals surface area contributed by atoms with E-state index in [9.17, 15) is 4.79 Å². The van der Waals surface area contributed by atoms with E-state index in [0.29, 0.717) is 6.54 Å². The summed E-state index contributed by atoms with van der Waals surface area (Å²) in [6.45, 7) is 1.72. The van der Waals surface area contributed by atoms with Gasteiger partial charge in [0.1, 0.15) is 6.54 Å². The first-order chi connectivity index (χ1) is 7.15. The number of hydrogen-bond acceptors (Lipinski definition) is 3. The van der Waals surface area contributed by atoms with Gasteiger partial charge in [-0.25, -0.2) is 0 Å². The highest BCUT2D eigenvalue weighted by Crippen LogP contribution is 2.09. The van der Waals surface area contributed by atoms with Gasteiger partial charge in [0.15, 0.2) is 0 Å². The molecule has 2 N–H and O–H groups in total. The molecule has 0 aliphatic carbocycles. The topological polar surface area (TPSA) is 64.2 Å². The van der Waals surface area contributed by atoms with Crippen molar-refractivity contribution in [1.82, 2.24) is 14.7 Å². The molecule has 1 saturated heterocycles. The summed E-state index contributed by atoms with van der Waals surface area (Å²) in [5, 5.41) is 4.04. The number of nitrogens with zero attached hydrogens (tertiary/aromatic N) is 3. The minimum absolute atomic E-state index is 0. The van der Waals surface area contributed by atoms with Gasteiger partial charge in [0.2, 0.25) is 5.91 Å². The number of carbonyl (C=O) groups is 1. The highest BCUT2D eigenvalue weighted by molar-refractivity contribution is 9.10. The van der Waals surface area contributed by atoms with Gasteiger partial charge in [-0.1, -0.05) is 0 Å². The largest absolute Gasteiger partial charge is 0.339 e. The van der Waals surface area contributed by atoms with Crippen molar-refractivity contribution in [3.63, 3.8) is 0 Å². The van der Waals surface area contributed by atoms with E-state index in [1.54, 1.807) is 22.0 Å². The zero-order valence-corrected chi connectivity index (χ0v) is 11.1. The molecule has 1 aliphatic heterocycles. The van der Waals surface area contributed by atoms with Crippen LogP contribution in [0.2, 0.25) is 0 Å². The van der Waals surface area contributed by atoms with Crippen LogP contribution in [-0.2, 0) is 11.3 Å². The number of carbonyl (C=O) groups excluding carboxylic acids is 1. The van der Waals surface area contributed by atoms with Crippen LogP contribution in [0.4, 0.5) is 0 Å². The Bertz CT molecular complexity index is 370. The second kappa shape index (κ2) is 5.65. The molecular formula is C9H14BrClN4O. The van der Waals surface area contributed by atoms with Crippen LogP contribution in [0, 0.1) is 0 Å². The maximum absolute atomic E-state index is 11.8. The Balaban J connectivity index is 0.00000128. The van der Waals surface area contributed by atoms with Gasteiger partial charge in [0.25, 0.3) is 0 Å². The van der Waals surface area contributed by atoms with E-state index in [-0.39, 0.29) is 30.9 Å². The number of aromatic nitrogens is 2. The summed E-state index contributed by atoms with van der Waals surface area (Å²) < 4.78 is 2.50. The van der Waals surface area contributed by atoms with Crippen LogP contribution in [0.25, 0.3) is 0 Å². The third-order valence-electron chi connectivity index (χ3n) is 2.48. The molecule has 2 heterocycles. The third kappa shape index (κ3) is 3.20. The second-order valence-electron chi connectivity index (χ2n) is 3.74. The summed E-state index contributed by atoms with van der Waals surface area (Å²) in [7, 11) is 0. The Morgan fingerprint density at radius 2 is 2.44 bits per heavy atom. The monoisotopic (exact) mass is 308 g/mol. The van der Waals surface area contributed by atoms with Gasteiger partial charge in [0.05, 0.1) is 10.7 Å². The molecule has 0 aromatic carbocycles. The Kier molecular flexibility index (Phi) is 4.76. The fourth-order valence-electron chi connectivity index (χ4n) is 1.68. The number of halogens is 2. The average molecular weight is 310 g/mol. The molecular weight excluding hydrogens is 295 g/mol. The Hall–Kier alpha value is -0.590. The Morgan fingerprint density at radius 1 is 1.69 bits per heavy atom. The third-order valence-corrected chi connectivity index (χ3v) is 2.89. The first-order valence-corrected chi connectivity index (χ1v) is 5.66. The molecule has 1 amide bonds. The fraction of sp³-hybridized carbons (Fsp3) is 0.556. The molecule has 5 nitrogen and oxygen atoms in total. The van der Waals surface area contributed by atoms with E-state index in [0.717, 1.165) is 17.4 Å². The summed E-state index contributed by atoms with van der Waals surface area (Å²) in [6.07, 6.45) is 4.35. The van der Waals surface area contributed by atoms with Gasteiger partial charge in [-0.15, -0.1) is 12.4 Å². The molecule has 0 spiro atoms. The van der Waals surface area contributed by atoms with Gasteiger partial charge in [-0.05, 0) is 22.4 Å². The molecule has 1 aromatic rings. The van der Waals surface area contributed by atoms with Crippen molar-refractivity contribution in [2.24, 2.45) is 5.73 Å². The summed E-state index contributed by atoms with van der Waals surface area (Å²) >= 11 is 3.29. The summed E-state index contributed by atoms with van der Waals surface area (Å²) in [4.78, 5) is 13.6. The molecule has 1 aromatic heterocycles. The molecule has 7 heteroatoms. The van der Waals surface area contributed by atoms with Crippen molar-refractivity contribution in [2.75, 3.05) is 13.1 Å². The number of nitrogens with two attached hydrogens (primary N) is 1. The van der Waals surface area contributed by atoms with Crippen molar-refractivity contribution in [1.29, 1.82) is 0 Å². The molecule has 1 atom stereocenters. The number of likely N-dealkylation sites (tertiary alicyclic amines) is 1. The summed E-state index contributed by atoms with van der Waals surface area (Å²) in [6, 6.07) is 0.137. The van der Waals surface area contributed by atoms with Crippen LogP contribution in [0.3, 0.4) is 0 Å². The van der Waals surface area contributed by atoms with Crippen molar-refractivity contribution < 1.29 is 4.79 Å². The molecule has 0 unspecified atom stereocenters. The Labute approximate surface area is 109 Å². The van der Waals surface area contributed by atoms with E-state index in [1.807, 2.05) is 0 Å². The van der Waals surface area contributed by atoms with Crippen molar-refractivity contribution in [3.8, 4) is 0 Å². The standard InChI is InChI=1S/C9H13BrN4O.ClH/c10-7-3-12-14(4-7)6-9(15)13-2-1-8(11)5-13;/h3-4,8H,1-2,5-6,11H2;1H/t8-;/m0./s1. The van der Waals surface area contributed by atoms with Crippen LogP contribution < -0.4 is 5.73 Å². The average Bonchev–Trinajstić information content (AvgIpc) is 2.75. The van der Waals surface area contributed by atoms with E-state index in [1.165, 1.54) is 0 Å². The van der Waals surface area contributed by atoms with E-state index < -0.39 is 0 Å². The minimum atomic E-state index is 0. The smallest absolute Gasteiger partial charge is 0.244 e. The lowest BCUT2D eigenvalue weighted by Crippen LogP contribution is -2.34. The highest BCUT2D eigenvalue weighted by Gasteiger charge is 2.23. The normalized spacial score (nSPS) is 19.6. The lowest BCUT2D eigenvalue weighted by atomic mass is 10.3. The first kappa shape index (κ1) is 13.5. The molecule has 2 rings (SSSR count). The lowest BCUT2D eigenvalue weighted by Gasteiger charge is -2.15. The van der Waals surface area contributed by atoms with Gasteiger partial charge >= 0.3 is 0 Å². The van der Waals surface area contributed by atoms with Crippen molar-refractivity contribution >= 4 is 34.2 Å². The van der Waals surface area contributed by atoms with Crippen LogP contribution in [0.5, 0.6) is 0 Å². The molecule has 0 saturated carbocycles. The molecule has 0 radical (unpaired) electrons.